The number of rotatable bonds is 3. The highest BCUT2D eigenvalue weighted by atomic mass is 16.5. The molecule has 1 aliphatic heterocycles. The molecule has 0 aromatic rings. The van der Waals surface area contributed by atoms with Gasteiger partial charge in [0.2, 0.25) is 0 Å². The Labute approximate surface area is 97.5 Å². The maximum atomic E-state index is 11.8. The summed E-state index contributed by atoms with van der Waals surface area (Å²) in [4.78, 5) is 14.1. The molecule has 0 bridgehead atoms. The summed E-state index contributed by atoms with van der Waals surface area (Å²) in [6, 6.07) is -0.00991. The van der Waals surface area contributed by atoms with Crippen molar-refractivity contribution < 1.29 is 9.53 Å². The minimum atomic E-state index is -0.0357. The summed E-state index contributed by atoms with van der Waals surface area (Å²) in [5, 5.41) is 0. The Bertz CT molecular complexity index is 286. The molecule has 2 rings (SSSR count). The number of hydrogen-bond acceptors (Lipinski definition) is 3. The second-order valence-electron chi connectivity index (χ2n) is 4.54. The van der Waals surface area contributed by atoms with E-state index in [1.54, 1.807) is 0 Å². The summed E-state index contributed by atoms with van der Waals surface area (Å²) in [5.74, 6) is -0.0357. The predicted octanol–water partition coefficient (Wildman–Crippen LogP) is 2.47. The van der Waals surface area contributed by atoms with Gasteiger partial charge in [-0.15, -0.1) is 0 Å². The first-order chi connectivity index (χ1) is 7.83. The lowest BCUT2D eigenvalue weighted by molar-refractivity contribution is -0.147. The van der Waals surface area contributed by atoms with Gasteiger partial charge in [-0.1, -0.05) is 6.08 Å². The molecule has 16 heavy (non-hydrogen) atoms. The Balaban J connectivity index is 2.02. The fraction of sp³-hybridized carbons (Fsp3) is 0.769. The van der Waals surface area contributed by atoms with E-state index in [4.69, 9.17) is 4.74 Å². The van der Waals surface area contributed by atoms with Crippen LogP contribution < -0.4 is 0 Å². The van der Waals surface area contributed by atoms with E-state index in [0.717, 1.165) is 25.8 Å². The van der Waals surface area contributed by atoms with Crippen LogP contribution in [0.5, 0.6) is 0 Å². The lowest BCUT2D eigenvalue weighted by atomic mass is 10.0. The predicted molar refractivity (Wildman–Crippen MR) is 62.9 cm³/mol. The average Bonchev–Trinajstić information content (AvgIpc) is 2.79. The number of esters is 1. The number of nitrogens with zero attached hydrogens (tertiary/aromatic N) is 1. The summed E-state index contributed by atoms with van der Waals surface area (Å²) in [6.45, 7) is 3.38. The van der Waals surface area contributed by atoms with Gasteiger partial charge in [0.15, 0.2) is 0 Å². The Morgan fingerprint density at radius 2 is 2.38 bits per heavy atom. The van der Waals surface area contributed by atoms with Crippen LogP contribution in [0.2, 0.25) is 0 Å². The van der Waals surface area contributed by atoms with Crippen LogP contribution in [0.1, 0.15) is 45.4 Å². The number of carbonyl (C=O) groups is 1. The number of carbonyl (C=O) groups excluding carboxylic acids is 1. The van der Waals surface area contributed by atoms with Crippen LogP contribution in [0.25, 0.3) is 0 Å². The summed E-state index contributed by atoms with van der Waals surface area (Å²) in [7, 11) is 0. The molecule has 0 radical (unpaired) electrons. The van der Waals surface area contributed by atoms with Crippen LogP contribution in [0.4, 0.5) is 0 Å². The first-order valence-corrected chi connectivity index (χ1v) is 6.45. The maximum absolute atomic E-state index is 11.8. The van der Waals surface area contributed by atoms with E-state index in [2.05, 4.69) is 11.0 Å². The SMILES string of the molecule is CCOC(=O)[C@@H]1CCCN1C1=CCCCC1. The van der Waals surface area contributed by atoms with E-state index in [0.29, 0.717) is 6.61 Å². The molecule has 1 saturated heterocycles. The van der Waals surface area contributed by atoms with E-state index in [1.165, 1.54) is 25.0 Å². The van der Waals surface area contributed by atoms with Crippen molar-refractivity contribution in [3.63, 3.8) is 0 Å². The minimum Gasteiger partial charge on any atom is -0.464 e. The Morgan fingerprint density at radius 1 is 1.50 bits per heavy atom. The van der Waals surface area contributed by atoms with Crippen molar-refractivity contribution in [2.75, 3.05) is 13.2 Å². The Kier molecular flexibility index (Phi) is 3.86. The lowest BCUT2D eigenvalue weighted by Gasteiger charge is -2.29. The van der Waals surface area contributed by atoms with E-state index in [9.17, 15) is 4.79 Å². The molecule has 0 amide bonds. The average molecular weight is 223 g/mol. The third kappa shape index (κ3) is 2.39. The van der Waals surface area contributed by atoms with Crippen molar-refractivity contribution in [1.29, 1.82) is 0 Å². The molecule has 1 fully saturated rings. The van der Waals surface area contributed by atoms with Gasteiger partial charge in [-0.2, -0.15) is 0 Å². The molecule has 0 aromatic heterocycles. The van der Waals surface area contributed by atoms with Crippen LogP contribution in [0.3, 0.4) is 0 Å². The van der Waals surface area contributed by atoms with E-state index in [1.807, 2.05) is 6.92 Å². The van der Waals surface area contributed by atoms with Crippen LogP contribution in [-0.2, 0) is 9.53 Å². The molecule has 0 unspecified atom stereocenters. The van der Waals surface area contributed by atoms with Crippen LogP contribution >= 0.6 is 0 Å². The third-order valence-corrected chi connectivity index (χ3v) is 3.45. The molecular formula is C13H21NO2. The fourth-order valence-corrected chi connectivity index (χ4v) is 2.68. The van der Waals surface area contributed by atoms with Crippen molar-refractivity contribution >= 4 is 5.97 Å². The highest BCUT2D eigenvalue weighted by Crippen LogP contribution is 2.29. The highest BCUT2D eigenvalue weighted by Gasteiger charge is 2.33. The molecule has 2 aliphatic rings. The topological polar surface area (TPSA) is 29.5 Å². The number of likely N-dealkylation sites (tertiary alicyclic amines) is 1. The summed E-state index contributed by atoms with van der Waals surface area (Å²) >= 11 is 0. The second-order valence-corrected chi connectivity index (χ2v) is 4.54. The van der Waals surface area contributed by atoms with Crippen molar-refractivity contribution in [3.8, 4) is 0 Å². The van der Waals surface area contributed by atoms with Crippen LogP contribution in [0, 0.1) is 0 Å². The standard InChI is InChI=1S/C13H21NO2/c1-2-16-13(15)12-9-6-10-14(12)11-7-4-3-5-8-11/h7,12H,2-6,8-10H2,1H3/t12-/m0/s1. The van der Waals surface area contributed by atoms with Crippen molar-refractivity contribution in [1.82, 2.24) is 4.90 Å². The van der Waals surface area contributed by atoms with Gasteiger partial charge in [0.05, 0.1) is 6.61 Å². The van der Waals surface area contributed by atoms with Crippen LogP contribution in [0.15, 0.2) is 11.8 Å². The van der Waals surface area contributed by atoms with E-state index >= 15 is 0 Å². The first-order valence-electron chi connectivity index (χ1n) is 6.45. The molecule has 0 spiro atoms. The molecule has 1 atom stereocenters. The Morgan fingerprint density at radius 3 is 3.06 bits per heavy atom. The van der Waals surface area contributed by atoms with Gasteiger partial charge in [-0.3, -0.25) is 0 Å². The molecule has 0 N–H and O–H groups in total. The summed E-state index contributed by atoms with van der Waals surface area (Å²) in [6.07, 6.45) is 9.23. The molecule has 0 saturated carbocycles. The van der Waals surface area contributed by atoms with E-state index in [-0.39, 0.29) is 12.0 Å². The van der Waals surface area contributed by atoms with Gasteiger partial charge in [-0.25, -0.2) is 4.79 Å². The van der Waals surface area contributed by atoms with Gasteiger partial charge in [-0.05, 0) is 45.4 Å². The molecule has 0 aromatic carbocycles. The normalized spacial score (nSPS) is 25.4. The first kappa shape index (κ1) is 11.5. The van der Waals surface area contributed by atoms with Crippen molar-refractivity contribution in [3.05, 3.63) is 11.8 Å². The molecule has 1 aliphatic carbocycles. The maximum Gasteiger partial charge on any atom is 0.328 e. The third-order valence-electron chi connectivity index (χ3n) is 3.45. The van der Waals surface area contributed by atoms with Gasteiger partial charge < -0.3 is 9.64 Å². The Hall–Kier alpha value is -0.990. The molecule has 90 valence electrons. The zero-order chi connectivity index (χ0) is 11.4. The number of hydrogen-bond donors (Lipinski definition) is 0. The van der Waals surface area contributed by atoms with Gasteiger partial charge in [0, 0.05) is 12.2 Å². The van der Waals surface area contributed by atoms with Gasteiger partial charge in [0.25, 0.3) is 0 Å². The van der Waals surface area contributed by atoms with E-state index < -0.39 is 0 Å². The minimum absolute atomic E-state index is 0.00991. The fourth-order valence-electron chi connectivity index (χ4n) is 2.68. The molecule has 1 heterocycles. The lowest BCUT2D eigenvalue weighted by Crippen LogP contribution is -2.37. The van der Waals surface area contributed by atoms with Crippen molar-refractivity contribution in [2.24, 2.45) is 0 Å². The highest BCUT2D eigenvalue weighted by molar-refractivity contribution is 5.76. The summed E-state index contributed by atoms with van der Waals surface area (Å²) < 4.78 is 5.14. The van der Waals surface area contributed by atoms with Crippen molar-refractivity contribution in [2.45, 2.75) is 51.5 Å². The zero-order valence-corrected chi connectivity index (χ0v) is 10.1. The van der Waals surface area contributed by atoms with Gasteiger partial charge in [0.1, 0.15) is 6.04 Å². The number of ether oxygens (including phenoxy) is 1. The smallest absolute Gasteiger partial charge is 0.328 e. The largest absolute Gasteiger partial charge is 0.464 e. The molecule has 3 nitrogen and oxygen atoms in total. The van der Waals surface area contributed by atoms with Crippen LogP contribution in [-0.4, -0.2) is 30.1 Å². The summed E-state index contributed by atoms with van der Waals surface area (Å²) in [5.41, 5.74) is 1.38. The quantitative estimate of drug-likeness (QED) is 0.688. The molecular weight excluding hydrogens is 202 g/mol. The molecule has 3 heteroatoms. The second kappa shape index (κ2) is 5.37. The monoisotopic (exact) mass is 223 g/mol. The van der Waals surface area contributed by atoms with Gasteiger partial charge >= 0.3 is 5.97 Å². The number of allylic oxidation sites excluding steroid dienone is 2. The zero-order valence-electron chi connectivity index (χ0n) is 10.1.